The average Bonchev–Trinajstić information content (AvgIpc) is 2.77. The molecule has 3 aromatic rings. The maximum atomic E-state index is 8.87. The Labute approximate surface area is 167 Å². The Morgan fingerprint density at radius 2 is 1.07 bits per heavy atom. The van der Waals surface area contributed by atoms with E-state index in [0.29, 0.717) is 5.56 Å². The van der Waals surface area contributed by atoms with E-state index in [1.807, 2.05) is 66.7 Å². The molecule has 0 atom stereocenters. The Bertz CT molecular complexity index is 865. The van der Waals surface area contributed by atoms with E-state index < -0.39 is 0 Å². The van der Waals surface area contributed by atoms with E-state index in [4.69, 9.17) is 14.7 Å². The van der Waals surface area contributed by atoms with Crippen molar-refractivity contribution in [1.29, 1.82) is 5.26 Å². The summed E-state index contributed by atoms with van der Waals surface area (Å²) in [5.41, 5.74) is 2.90. The first-order valence-corrected chi connectivity index (χ1v) is 9.76. The number of hydrogen-bond donors (Lipinski definition) is 0. The number of rotatable bonds is 10. The fourth-order valence-corrected chi connectivity index (χ4v) is 2.94. The Hall–Kier alpha value is -3.25. The SMILES string of the molecule is N#Cc1ccc(-c2ccc(OCCCCCCOc3ccccc3)cc2)cc1. The Balaban J connectivity index is 1.30. The van der Waals surface area contributed by atoms with E-state index >= 15 is 0 Å². The van der Waals surface area contributed by atoms with Crippen molar-refractivity contribution in [3.63, 3.8) is 0 Å². The summed E-state index contributed by atoms with van der Waals surface area (Å²) < 4.78 is 11.5. The molecule has 0 saturated heterocycles. The van der Waals surface area contributed by atoms with Crippen LogP contribution in [0.1, 0.15) is 31.2 Å². The molecule has 0 radical (unpaired) electrons. The quantitative estimate of drug-likeness (QED) is 0.396. The summed E-state index contributed by atoms with van der Waals surface area (Å²) in [5, 5.41) is 8.87. The molecule has 0 heterocycles. The van der Waals surface area contributed by atoms with Crippen LogP contribution in [0.5, 0.6) is 11.5 Å². The number of ether oxygens (including phenoxy) is 2. The predicted octanol–water partition coefficient (Wildman–Crippen LogP) is 6.24. The molecule has 28 heavy (non-hydrogen) atoms. The minimum absolute atomic E-state index is 0.676. The molecule has 3 aromatic carbocycles. The van der Waals surface area contributed by atoms with E-state index in [0.717, 1.165) is 61.5 Å². The van der Waals surface area contributed by atoms with Crippen LogP contribution in [0.25, 0.3) is 11.1 Å². The number of unbranched alkanes of at least 4 members (excludes halogenated alkanes) is 3. The average molecular weight is 371 g/mol. The van der Waals surface area contributed by atoms with Gasteiger partial charge in [0.05, 0.1) is 24.8 Å². The molecule has 0 spiro atoms. The molecule has 0 fully saturated rings. The number of nitrogens with zero attached hydrogens (tertiary/aromatic N) is 1. The minimum atomic E-state index is 0.676. The minimum Gasteiger partial charge on any atom is -0.494 e. The van der Waals surface area contributed by atoms with Crippen LogP contribution in [0.4, 0.5) is 0 Å². The second kappa shape index (κ2) is 10.8. The van der Waals surface area contributed by atoms with Crippen LogP contribution in [0.3, 0.4) is 0 Å². The lowest BCUT2D eigenvalue weighted by Crippen LogP contribution is -1.99. The Morgan fingerprint density at radius 3 is 1.61 bits per heavy atom. The fourth-order valence-electron chi connectivity index (χ4n) is 2.94. The summed E-state index contributed by atoms with van der Waals surface area (Å²) in [6.45, 7) is 1.50. The van der Waals surface area contributed by atoms with Gasteiger partial charge >= 0.3 is 0 Å². The largest absolute Gasteiger partial charge is 0.494 e. The highest BCUT2D eigenvalue weighted by Gasteiger charge is 2.00. The highest BCUT2D eigenvalue weighted by Crippen LogP contribution is 2.23. The zero-order valence-electron chi connectivity index (χ0n) is 16.0. The zero-order valence-corrected chi connectivity index (χ0v) is 16.0. The van der Waals surface area contributed by atoms with E-state index in [-0.39, 0.29) is 0 Å². The van der Waals surface area contributed by atoms with Crippen LogP contribution in [0, 0.1) is 11.3 Å². The summed E-state index contributed by atoms with van der Waals surface area (Å²) >= 11 is 0. The molecule has 0 N–H and O–H groups in total. The summed E-state index contributed by atoms with van der Waals surface area (Å²) in [5.74, 6) is 1.83. The van der Waals surface area contributed by atoms with Gasteiger partial charge < -0.3 is 9.47 Å². The Kier molecular flexibility index (Phi) is 7.52. The standard InChI is InChI=1S/C25H25NO2/c26-20-21-10-12-22(13-11-21)23-14-16-25(17-15-23)28-19-7-2-1-6-18-27-24-8-4-3-5-9-24/h3-5,8-17H,1-2,6-7,18-19H2. The van der Waals surface area contributed by atoms with Crippen molar-refractivity contribution in [3.8, 4) is 28.7 Å². The first-order chi connectivity index (χ1) is 13.8. The molecule has 3 rings (SSSR count). The van der Waals surface area contributed by atoms with Crippen molar-refractivity contribution in [2.75, 3.05) is 13.2 Å². The smallest absolute Gasteiger partial charge is 0.119 e. The van der Waals surface area contributed by atoms with Crippen molar-refractivity contribution < 1.29 is 9.47 Å². The number of para-hydroxylation sites is 1. The third-order valence-corrected chi connectivity index (χ3v) is 4.52. The molecule has 0 amide bonds. The van der Waals surface area contributed by atoms with E-state index in [1.54, 1.807) is 0 Å². The summed E-state index contributed by atoms with van der Waals surface area (Å²) in [4.78, 5) is 0. The van der Waals surface area contributed by atoms with E-state index in [9.17, 15) is 0 Å². The van der Waals surface area contributed by atoms with Crippen molar-refractivity contribution in [2.24, 2.45) is 0 Å². The van der Waals surface area contributed by atoms with Crippen LogP contribution in [-0.4, -0.2) is 13.2 Å². The van der Waals surface area contributed by atoms with Gasteiger partial charge in [-0.2, -0.15) is 5.26 Å². The van der Waals surface area contributed by atoms with E-state index in [2.05, 4.69) is 18.2 Å². The second-order valence-corrected chi connectivity index (χ2v) is 6.64. The summed E-state index contributed by atoms with van der Waals surface area (Å²) in [6.07, 6.45) is 4.40. The van der Waals surface area contributed by atoms with Crippen LogP contribution in [-0.2, 0) is 0 Å². The van der Waals surface area contributed by atoms with Gasteiger partial charge in [0.1, 0.15) is 11.5 Å². The third kappa shape index (κ3) is 6.17. The Morgan fingerprint density at radius 1 is 0.571 bits per heavy atom. The van der Waals surface area contributed by atoms with Gasteiger partial charge in [0.25, 0.3) is 0 Å². The van der Waals surface area contributed by atoms with Gasteiger partial charge in [0, 0.05) is 0 Å². The second-order valence-electron chi connectivity index (χ2n) is 6.64. The van der Waals surface area contributed by atoms with Gasteiger partial charge in [0.2, 0.25) is 0 Å². The number of nitriles is 1. The fraction of sp³-hybridized carbons (Fsp3) is 0.240. The molecule has 3 nitrogen and oxygen atoms in total. The topological polar surface area (TPSA) is 42.2 Å². The van der Waals surface area contributed by atoms with Crippen LogP contribution < -0.4 is 9.47 Å². The lowest BCUT2D eigenvalue weighted by Gasteiger charge is -2.08. The van der Waals surface area contributed by atoms with Crippen LogP contribution in [0.15, 0.2) is 78.9 Å². The molecule has 3 heteroatoms. The van der Waals surface area contributed by atoms with Gasteiger partial charge in [-0.05, 0) is 73.2 Å². The summed E-state index contributed by atoms with van der Waals surface area (Å²) in [7, 11) is 0. The monoisotopic (exact) mass is 371 g/mol. The maximum Gasteiger partial charge on any atom is 0.119 e. The first kappa shape index (κ1) is 19.5. The predicted molar refractivity (Wildman–Crippen MR) is 112 cm³/mol. The first-order valence-electron chi connectivity index (χ1n) is 9.76. The van der Waals surface area contributed by atoms with Crippen molar-refractivity contribution >= 4 is 0 Å². The normalized spacial score (nSPS) is 10.2. The molecular weight excluding hydrogens is 346 g/mol. The van der Waals surface area contributed by atoms with Crippen molar-refractivity contribution in [3.05, 3.63) is 84.4 Å². The van der Waals surface area contributed by atoms with Crippen LogP contribution in [0.2, 0.25) is 0 Å². The molecule has 0 aliphatic rings. The maximum absolute atomic E-state index is 8.87. The van der Waals surface area contributed by atoms with Gasteiger partial charge in [-0.1, -0.05) is 42.5 Å². The molecule has 0 bridgehead atoms. The van der Waals surface area contributed by atoms with Gasteiger partial charge in [-0.15, -0.1) is 0 Å². The molecule has 0 unspecified atom stereocenters. The van der Waals surface area contributed by atoms with Gasteiger partial charge in [-0.25, -0.2) is 0 Å². The number of benzene rings is 3. The summed E-state index contributed by atoms with van der Waals surface area (Å²) in [6, 6.07) is 27.8. The highest BCUT2D eigenvalue weighted by molar-refractivity contribution is 5.64. The van der Waals surface area contributed by atoms with E-state index in [1.165, 1.54) is 0 Å². The molecule has 0 aliphatic carbocycles. The molecule has 142 valence electrons. The van der Waals surface area contributed by atoms with Gasteiger partial charge in [0.15, 0.2) is 0 Å². The lowest BCUT2D eigenvalue weighted by atomic mass is 10.0. The lowest BCUT2D eigenvalue weighted by molar-refractivity contribution is 0.287. The van der Waals surface area contributed by atoms with Gasteiger partial charge in [-0.3, -0.25) is 0 Å². The third-order valence-electron chi connectivity index (χ3n) is 4.52. The zero-order chi connectivity index (χ0) is 19.4. The molecule has 0 aliphatic heterocycles. The van der Waals surface area contributed by atoms with Crippen molar-refractivity contribution in [2.45, 2.75) is 25.7 Å². The van der Waals surface area contributed by atoms with Crippen LogP contribution >= 0.6 is 0 Å². The number of hydrogen-bond acceptors (Lipinski definition) is 3. The molecule has 0 saturated carbocycles. The van der Waals surface area contributed by atoms with Crippen molar-refractivity contribution in [1.82, 2.24) is 0 Å². The molecular formula is C25H25NO2. The highest BCUT2D eigenvalue weighted by atomic mass is 16.5. The molecule has 0 aromatic heterocycles.